The molecule has 0 saturated carbocycles. The minimum absolute atomic E-state index is 0.308. The maximum atomic E-state index is 11.6. The Bertz CT molecular complexity index is 601. The first-order valence-corrected chi connectivity index (χ1v) is 6.50. The average molecular weight is 264 g/mol. The first kappa shape index (κ1) is 12.6. The Hall–Kier alpha value is -1.88. The zero-order valence-electron chi connectivity index (χ0n) is 9.71. The number of hydrogen-bond donors (Lipinski definition) is 2. The summed E-state index contributed by atoms with van der Waals surface area (Å²) in [5.41, 5.74) is 0.639. The van der Waals surface area contributed by atoms with Gasteiger partial charge in [0.25, 0.3) is 0 Å². The van der Waals surface area contributed by atoms with Gasteiger partial charge < -0.3 is 14.6 Å². The number of aromatic hydroxyl groups is 2. The molecule has 0 aliphatic heterocycles. The summed E-state index contributed by atoms with van der Waals surface area (Å²) in [4.78, 5) is 12.8. The average Bonchev–Trinajstić information content (AvgIpc) is 2.40. The molecular formula is C13H12O4S. The van der Waals surface area contributed by atoms with Crippen LogP contribution in [0.5, 0.6) is 11.7 Å². The summed E-state index contributed by atoms with van der Waals surface area (Å²) in [6.07, 6.45) is 3.51. The number of hydrogen-bond acceptors (Lipinski definition) is 5. The van der Waals surface area contributed by atoms with Crippen molar-refractivity contribution in [2.75, 3.05) is 6.26 Å². The fourth-order valence-corrected chi connectivity index (χ4v) is 1.98. The van der Waals surface area contributed by atoms with Crippen LogP contribution in [0.15, 0.2) is 44.6 Å². The Labute approximate surface area is 108 Å². The molecule has 2 aromatic rings. The van der Waals surface area contributed by atoms with Crippen LogP contribution in [0.2, 0.25) is 0 Å². The van der Waals surface area contributed by atoms with Gasteiger partial charge in [0.15, 0.2) is 0 Å². The summed E-state index contributed by atoms with van der Waals surface area (Å²) < 4.78 is 4.69. The summed E-state index contributed by atoms with van der Waals surface area (Å²) in [6.45, 7) is 0. The van der Waals surface area contributed by atoms with Crippen molar-refractivity contribution in [3.05, 3.63) is 51.9 Å². The second-order valence-electron chi connectivity index (χ2n) is 3.77. The molecule has 1 aromatic carbocycles. The summed E-state index contributed by atoms with van der Waals surface area (Å²) in [7, 11) is 0. The minimum Gasteiger partial charge on any atom is -0.499 e. The molecule has 1 heterocycles. The normalized spacial score (nSPS) is 10.5. The van der Waals surface area contributed by atoms with Crippen molar-refractivity contribution >= 4 is 11.8 Å². The maximum absolute atomic E-state index is 11.6. The van der Waals surface area contributed by atoms with Crippen LogP contribution in [-0.4, -0.2) is 16.5 Å². The van der Waals surface area contributed by atoms with E-state index in [2.05, 4.69) is 4.42 Å². The molecule has 0 unspecified atom stereocenters. The summed E-state index contributed by atoms with van der Waals surface area (Å²) in [6, 6.07) is 7.74. The van der Waals surface area contributed by atoms with Gasteiger partial charge in [0, 0.05) is 16.9 Å². The molecule has 2 N–H and O–H groups in total. The van der Waals surface area contributed by atoms with E-state index in [-0.39, 0.29) is 0 Å². The Kier molecular flexibility index (Phi) is 3.62. The van der Waals surface area contributed by atoms with E-state index in [0.29, 0.717) is 12.0 Å². The molecule has 94 valence electrons. The van der Waals surface area contributed by atoms with Gasteiger partial charge in [-0.15, -0.1) is 11.8 Å². The summed E-state index contributed by atoms with van der Waals surface area (Å²) >= 11 is 1.64. The molecule has 0 spiro atoms. The van der Waals surface area contributed by atoms with Crippen LogP contribution in [0.4, 0.5) is 0 Å². The van der Waals surface area contributed by atoms with Crippen molar-refractivity contribution in [3.63, 3.8) is 0 Å². The second-order valence-corrected chi connectivity index (χ2v) is 4.65. The van der Waals surface area contributed by atoms with E-state index >= 15 is 0 Å². The maximum Gasteiger partial charge on any atom is 0.330 e. The van der Waals surface area contributed by atoms with Crippen LogP contribution >= 0.6 is 11.8 Å². The highest BCUT2D eigenvalue weighted by molar-refractivity contribution is 7.98. The highest BCUT2D eigenvalue weighted by Gasteiger charge is 2.12. The van der Waals surface area contributed by atoms with Gasteiger partial charge in [0.1, 0.15) is 6.26 Å². The minimum atomic E-state index is -0.749. The zero-order valence-corrected chi connectivity index (χ0v) is 10.5. The molecule has 0 fully saturated rings. The fraction of sp³-hybridized carbons (Fsp3) is 0.154. The molecule has 0 aliphatic carbocycles. The van der Waals surface area contributed by atoms with Crippen LogP contribution in [0, 0.1) is 0 Å². The van der Waals surface area contributed by atoms with E-state index in [1.807, 2.05) is 30.5 Å². The molecule has 1 aromatic heterocycles. The molecule has 4 nitrogen and oxygen atoms in total. The number of rotatable bonds is 3. The first-order valence-electron chi connectivity index (χ1n) is 5.27. The quantitative estimate of drug-likeness (QED) is 0.833. The molecule has 0 aliphatic rings. The molecule has 18 heavy (non-hydrogen) atoms. The lowest BCUT2D eigenvalue weighted by atomic mass is 10.1. The Morgan fingerprint density at radius 2 is 1.89 bits per heavy atom. The van der Waals surface area contributed by atoms with Gasteiger partial charge >= 0.3 is 5.95 Å². The molecule has 0 atom stereocenters. The van der Waals surface area contributed by atoms with E-state index < -0.39 is 17.1 Å². The predicted octanol–water partition coefficient (Wildman–Crippen LogP) is 2.36. The number of benzene rings is 1. The summed E-state index contributed by atoms with van der Waals surface area (Å²) in [5, 5.41) is 18.3. The van der Waals surface area contributed by atoms with Gasteiger partial charge in [0.2, 0.25) is 11.2 Å². The van der Waals surface area contributed by atoms with Crippen molar-refractivity contribution in [1.82, 2.24) is 0 Å². The van der Waals surface area contributed by atoms with Crippen LogP contribution in [0.25, 0.3) is 0 Å². The Morgan fingerprint density at radius 3 is 2.50 bits per heavy atom. The topological polar surface area (TPSA) is 70.7 Å². The molecule has 2 rings (SSSR count). The van der Waals surface area contributed by atoms with E-state index in [0.717, 1.165) is 10.5 Å². The van der Waals surface area contributed by atoms with Crippen molar-refractivity contribution in [1.29, 1.82) is 0 Å². The van der Waals surface area contributed by atoms with Crippen LogP contribution in [-0.2, 0) is 6.42 Å². The first-order chi connectivity index (χ1) is 8.61. The van der Waals surface area contributed by atoms with Crippen molar-refractivity contribution in [3.8, 4) is 11.7 Å². The highest BCUT2D eigenvalue weighted by atomic mass is 32.2. The van der Waals surface area contributed by atoms with Gasteiger partial charge in [-0.2, -0.15) is 0 Å². The number of thioether (sulfide) groups is 1. The SMILES string of the molecule is CSc1ccc(Cc2coc(O)c(O)c2=O)cc1. The Balaban J connectivity index is 2.28. The smallest absolute Gasteiger partial charge is 0.330 e. The third kappa shape index (κ3) is 2.51. The molecule has 0 bridgehead atoms. The van der Waals surface area contributed by atoms with Gasteiger partial charge in [0.05, 0.1) is 0 Å². The van der Waals surface area contributed by atoms with Gasteiger partial charge in [-0.25, -0.2) is 0 Å². The van der Waals surface area contributed by atoms with Crippen LogP contribution in [0.3, 0.4) is 0 Å². The van der Waals surface area contributed by atoms with Crippen LogP contribution < -0.4 is 5.43 Å². The van der Waals surface area contributed by atoms with Gasteiger partial charge in [-0.1, -0.05) is 12.1 Å². The molecule has 0 saturated heterocycles. The third-order valence-electron chi connectivity index (χ3n) is 2.58. The lowest BCUT2D eigenvalue weighted by Gasteiger charge is -2.03. The lowest BCUT2D eigenvalue weighted by molar-refractivity contribution is 0.286. The fourth-order valence-electron chi connectivity index (χ4n) is 1.57. The van der Waals surface area contributed by atoms with E-state index in [4.69, 9.17) is 5.11 Å². The van der Waals surface area contributed by atoms with E-state index in [9.17, 15) is 9.90 Å². The standard InChI is InChI=1S/C13H12O4S/c1-18-10-4-2-8(3-5-10)6-9-7-17-13(16)12(15)11(9)14/h2-5,7,15-16H,6H2,1H3. The highest BCUT2D eigenvalue weighted by Crippen LogP contribution is 2.21. The van der Waals surface area contributed by atoms with Crippen LogP contribution in [0.1, 0.15) is 11.1 Å². The molecule has 0 amide bonds. The molecule has 5 heteroatoms. The third-order valence-corrected chi connectivity index (χ3v) is 3.32. The van der Waals surface area contributed by atoms with E-state index in [1.54, 1.807) is 11.8 Å². The van der Waals surface area contributed by atoms with E-state index in [1.165, 1.54) is 6.26 Å². The monoisotopic (exact) mass is 264 g/mol. The molecule has 0 radical (unpaired) electrons. The van der Waals surface area contributed by atoms with Gasteiger partial charge in [-0.3, -0.25) is 4.79 Å². The lowest BCUT2D eigenvalue weighted by Crippen LogP contribution is -2.08. The predicted molar refractivity (Wildman–Crippen MR) is 69.3 cm³/mol. The van der Waals surface area contributed by atoms with Crippen molar-refractivity contribution < 1.29 is 14.6 Å². The van der Waals surface area contributed by atoms with Gasteiger partial charge in [-0.05, 0) is 24.0 Å². The summed E-state index contributed by atoms with van der Waals surface area (Å²) in [5.74, 6) is -1.49. The molecular weight excluding hydrogens is 252 g/mol. The Morgan fingerprint density at radius 1 is 1.22 bits per heavy atom. The second kappa shape index (κ2) is 5.18. The zero-order chi connectivity index (χ0) is 13.1. The van der Waals surface area contributed by atoms with Crippen molar-refractivity contribution in [2.45, 2.75) is 11.3 Å². The largest absolute Gasteiger partial charge is 0.499 e. The van der Waals surface area contributed by atoms with Crippen molar-refractivity contribution in [2.24, 2.45) is 0 Å².